The summed E-state index contributed by atoms with van der Waals surface area (Å²) in [5.74, 6) is 0.769. The van der Waals surface area contributed by atoms with Gasteiger partial charge in [0.25, 0.3) is 0 Å². The summed E-state index contributed by atoms with van der Waals surface area (Å²) >= 11 is 6.05. The van der Waals surface area contributed by atoms with Crippen molar-refractivity contribution < 1.29 is 4.74 Å². The minimum atomic E-state index is -1.06. The second kappa shape index (κ2) is 6.98. The van der Waals surface area contributed by atoms with Crippen LogP contribution in [0.1, 0.15) is 13.8 Å². The molecule has 2 rings (SSSR count). The number of nitrogens with zero attached hydrogens (tertiary/aromatic N) is 3. The average molecular weight is 341 g/mol. The molecule has 0 aliphatic heterocycles. The van der Waals surface area contributed by atoms with Crippen molar-refractivity contribution in [1.29, 1.82) is 0 Å². The normalized spacial score (nSPS) is 12.3. The molecule has 0 saturated heterocycles. The first-order valence-electron chi connectivity index (χ1n) is 7.63. The number of hydrogen-bond acceptors (Lipinski definition) is 4. The number of anilines is 1. The van der Waals surface area contributed by atoms with Crippen molar-refractivity contribution in [3.8, 4) is 0 Å². The van der Waals surface area contributed by atoms with Crippen molar-refractivity contribution in [3.05, 3.63) is 17.5 Å². The van der Waals surface area contributed by atoms with Crippen molar-refractivity contribution in [2.24, 2.45) is 0 Å². The molecule has 0 saturated carbocycles. The lowest BCUT2D eigenvalue weighted by atomic mass is 10.3. The van der Waals surface area contributed by atoms with Gasteiger partial charge >= 0.3 is 0 Å². The Morgan fingerprint density at radius 3 is 2.68 bits per heavy atom. The van der Waals surface area contributed by atoms with E-state index < -0.39 is 8.07 Å². The molecule has 0 aliphatic carbocycles. The SMILES string of the molecule is CC(C)Nc1nc(Cl)nc2c1ccn2COCC[Si](C)(C)C. The van der Waals surface area contributed by atoms with Gasteiger partial charge in [-0.25, -0.2) is 4.98 Å². The minimum Gasteiger partial charge on any atom is -0.367 e. The van der Waals surface area contributed by atoms with E-state index in [0.717, 1.165) is 29.5 Å². The smallest absolute Gasteiger partial charge is 0.226 e. The summed E-state index contributed by atoms with van der Waals surface area (Å²) < 4.78 is 7.77. The van der Waals surface area contributed by atoms with Crippen molar-refractivity contribution in [2.75, 3.05) is 11.9 Å². The zero-order valence-corrected chi connectivity index (χ0v) is 15.7. The Morgan fingerprint density at radius 2 is 2.05 bits per heavy atom. The molecule has 0 aliphatic rings. The topological polar surface area (TPSA) is 52.0 Å². The minimum absolute atomic E-state index is 0.248. The van der Waals surface area contributed by atoms with Gasteiger partial charge in [0.2, 0.25) is 5.28 Å². The largest absolute Gasteiger partial charge is 0.367 e. The van der Waals surface area contributed by atoms with Crippen LogP contribution in [0, 0.1) is 0 Å². The summed E-state index contributed by atoms with van der Waals surface area (Å²) in [7, 11) is -1.06. The highest BCUT2D eigenvalue weighted by Gasteiger charge is 2.14. The van der Waals surface area contributed by atoms with Crippen LogP contribution >= 0.6 is 11.6 Å². The predicted molar refractivity (Wildman–Crippen MR) is 95.4 cm³/mol. The molecule has 0 atom stereocenters. The predicted octanol–water partition coefficient (Wildman–Crippen LogP) is 4.22. The zero-order chi connectivity index (χ0) is 16.3. The Hall–Kier alpha value is -1.11. The number of aromatic nitrogens is 3. The molecular weight excluding hydrogens is 316 g/mol. The number of fused-ring (bicyclic) bond motifs is 1. The van der Waals surface area contributed by atoms with Gasteiger partial charge in [0.05, 0.1) is 5.39 Å². The number of nitrogens with one attached hydrogen (secondary N) is 1. The van der Waals surface area contributed by atoms with Gasteiger partial charge in [-0.2, -0.15) is 4.98 Å². The maximum atomic E-state index is 6.05. The summed E-state index contributed by atoms with van der Waals surface area (Å²) in [4.78, 5) is 8.62. The fourth-order valence-corrected chi connectivity index (χ4v) is 2.99. The number of halogens is 1. The lowest BCUT2D eigenvalue weighted by Gasteiger charge is -2.15. The van der Waals surface area contributed by atoms with E-state index in [0.29, 0.717) is 6.73 Å². The number of rotatable bonds is 7. The van der Waals surface area contributed by atoms with E-state index in [1.807, 2.05) is 16.8 Å². The molecule has 2 heterocycles. The fraction of sp³-hybridized carbons (Fsp3) is 0.600. The Balaban J connectivity index is 2.13. The molecule has 0 bridgehead atoms. The van der Waals surface area contributed by atoms with Crippen LogP contribution in [-0.4, -0.2) is 35.3 Å². The molecule has 1 N–H and O–H groups in total. The Kier molecular flexibility index (Phi) is 5.47. The van der Waals surface area contributed by atoms with Gasteiger partial charge < -0.3 is 14.6 Å². The third kappa shape index (κ3) is 4.69. The molecule has 0 radical (unpaired) electrons. The number of hydrogen-bond donors (Lipinski definition) is 1. The molecule has 7 heteroatoms. The molecule has 122 valence electrons. The first-order chi connectivity index (χ1) is 10.3. The maximum absolute atomic E-state index is 6.05. The van der Waals surface area contributed by atoms with E-state index in [9.17, 15) is 0 Å². The summed E-state index contributed by atoms with van der Waals surface area (Å²) in [5.41, 5.74) is 0.802. The standard InChI is InChI=1S/C15H25ClN4OSi/c1-11(2)17-13-12-6-7-20(14(12)19-15(16)18-13)10-21-8-9-22(3,4)5/h6-7,11H,8-10H2,1-5H3,(H,17,18,19). The van der Waals surface area contributed by atoms with Crippen molar-refractivity contribution >= 4 is 36.5 Å². The Bertz CT molecular complexity index is 636. The Morgan fingerprint density at radius 1 is 1.32 bits per heavy atom. The van der Waals surface area contributed by atoms with Crippen LogP contribution in [0.25, 0.3) is 11.0 Å². The lowest BCUT2D eigenvalue weighted by Crippen LogP contribution is -2.22. The average Bonchev–Trinajstić information content (AvgIpc) is 2.76. The van der Waals surface area contributed by atoms with Crippen molar-refractivity contribution in [3.63, 3.8) is 0 Å². The van der Waals surface area contributed by atoms with E-state index in [1.54, 1.807) is 0 Å². The molecule has 0 aromatic carbocycles. The molecule has 0 spiro atoms. The van der Waals surface area contributed by atoms with E-state index in [1.165, 1.54) is 0 Å². The van der Waals surface area contributed by atoms with Crippen LogP contribution in [0.2, 0.25) is 31.0 Å². The molecule has 2 aromatic heterocycles. The molecular formula is C15H25ClN4OSi. The summed E-state index contributed by atoms with van der Waals surface area (Å²) in [6, 6.07) is 3.44. The van der Waals surface area contributed by atoms with Gasteiger partial charge in [0.1, 0.15) is 18.2 Å². The first kappa shape index (κ1) is 17.2. The summed E-state index contributed by atoms with van der Waals surface area (Å²) in [6.07, 6.45) is 1.97. The fourth-order valence-electron chi connectivity index (χ4n) is 2.07. The van der Waals surface area contributed by atoms with Crippen LogP contribution in [0.15, 0.2) is 12.3 Å². The molecule has 22 heavy (non-hydrogen) atoms. The van der Waals surface area contributed by atoms with E-state index in [-0.39, 0.29) is 11.3 Å². The lowest BCUT2D eigenvalue weighted by molar-refractivity contribution is 0.0899. The van der Waals surface area contributed by atoms with Gasteiger partial charge in [-0.3, -0.25) is 0 Å². The Labute approximate surface area is 138 Å². The summed E-state index contributed by atoms with van der Waals surface area (Å²) in [5, 5.41) is 4.52. The van der Waals surface area contributed by atoms with E-state index in [2.05, 4.69) is 48.8 Å². The maximum Gasteiger partial charge on any atom is 0.226 e. The highest BCUT2D eigenvalue weighted by atomic mass is 35.5. The van der Waals surface area contributed by atoms with Crippen molar-refractivity contribution in [1.82, 2.24) is 14.5 Å². The first-order valence-corrected chi connectivity index (χ1v) is 11.7. The van der Waals surface area contributed by atoms with E-state index in [4.69, 9.17) is 16.3 Å². The van der Waals surface area contributed by atoms with Gasteiger partial charge in [-0.15, -0.1) is 0 Å². The van der Waals surface area contributed by atoms with Gasteiger partial charge in [0.15, 0.2) is 0 Å². The quantitative estimate of drug-likeness (QED) is 0.466. The van der Waals surface area contributed by atoms with Crippen LogP contribution in [0.4, 0.5) is 5.82 Å². The highest BCUT2D eigenvalue weighted by Crippen LogP contribution is 2.24. The second-order valence-electron chi connectivity index (χ2n) is 7.01. The monoisotopic (exact) mass is 340 g/mol. The third-order valence-electron chi connectivity index (χ3n) is 3.24. The molecule has 0 unspecified atom stereocenters. The summed E-state index contributed by atoms with van der Waals surface area (Å²) in [6.45, 7) is 12.4. The van der Waals surface area contributed by atoms with Gasteiger partial charge in [-0.05, 0) is 37.6 Å². The van der Waals surface area contributed by atoms with Crippen molar-refractivity contribution in [2.45, 2.75) is 52.3 Å². The van der Waals surface area contributed by atoms with Crippen LogP contribution in [-0.2, 0) is 11.5 Å². The number of ether oxygens (including phenoxy) is 1. The van der Waals surface area contributed by atoms with Gasteiger partial charge in [-0.1, -0.05) is 19.6 Å². The molecule has 2 aromatic rings. The molecule has 0 amide bonds. The third-order valence-corrected chi connectivity index (χ3v) is 5.12. The van der Waals surface area contributed by atoms with Crippen LogP contribution in [0.3, 0.4) is 0 Å². The van der Waals surface area contributed by atoms with Gasteiger partial charge in [0, 0.05) is 26.9 Å². The molecule has 0 fully saturated rings. The zero-order valence-electron chi connectivity index (χ0n) is 14.0. The molecule has 5 nitrogen and oxygen atoms in total. The highest BCUT2D eigenvalue weighted by molar-refractivity contribution is 6.76. The van der Waals surface area contributed by atoms with E-state index >= 15 is 0 Å². The van der Waals surface area contributed by atoms with Crippen LogP contribution in [0.5, 0.6) is 0 Å². The second-order valence-corrected chi connectivity index (χ2v) is 13.0. The van der Waals surface area contributed by atoms with Crippen LogP contribution < -0.4 is 5.32 Å².